The van der Waals surface area contributed by atoms with Crippen LogP contribution in [0, 0.1) is 11.6 Å². The minimum Gasteiger partial charge on any atom is -0.491 e. The summed E-state index contributed by atoms with van der Waals surface area (Å²) in [4.78, 5) is 14.6. The van der Waals surface area contributed by atoms with Gasteiger partial charge in [-0.05, 0) is 31.4 Å². The van der Waals surface area contributed by atoms with Crippen LogP contribution in [-0.4, -0.2) is 72.8 Å². The third kappa shape index (κ3) is 7.06. The molecule has 0 bridgehead atoms. The molecule has 3 aromatic rings. The molecule has 7 nitrogen and oxygen atoms in total. The van der Waals surface area contributed by atoms with Crippen molar-refractivity contribution < 1.29 is 46.1 Å². The monoisotopic (exact) mass is 556 g/mol. The first-order chi connectivity index (χ1) is 18.5. The number of fused-ring (bicyclic) bond motifs is 3. The molecular weight excluding hydrogens is 527 g/mol. The van der Waals surface area contributed by atoms with E-state index < -0.39 is 54.6 Å². The Morgan fingerprint density at radius 1 is 1.08 bits per heavy atom. The minimum absolute atomic E-state index is 0.0267. The van der Waals surface area contributed by atoms with E-state index in [1.165, 1.54) is 0 Å². The van der Waals surface area contributed by atoms with Crippen LogP contribution in [0.1, 0.15) is 36.2 Å². The van der Waals surface area contributed by atoms with Crippen LogP contribution in [-0.2, 0) is 20.7 Å². The van der Waals surface area contributed by atoms with Crippen LogP contribution in [0.25, 0.3) is 10.9 Å². The maximum Gasteiger partial charge on any atom is 0.401 e. The molecule has 0 aliphatic carbocycles. The minimum atomic E-state index is -4.57. The highest BCUT2D eigenvalue weighted by Gasteiger charge is 2.43. The average Bonchev–Trinajstić information content (AvgIpc) is 3.21. The summed E-state index contributed by atoms with van der Waals surface area (Å²) in [5.41, 5.74) is 1.28. The van der Waals surface area contributed by atoms with Gasteiger partial charge in [-0.3, -0.25) is 4.90 Å². The Morgan fingerprint density at radius 3 is 2.46 bits per heavy atom. The molecule has 2 atom stereocenters. The lowest BCUT2D eigenvalue weighted by molar-refractivity contribution is -0.155. The standard InChI is InChI=1S/C27H29F5N2O5/c1-16-11-19-18-5-2-3-6-22(18)33-25(19)26(34(16)15-27(30,31)32)24-20(28)12-17(13-21(24)29)39-10-9-37-7-4-8-38-14-23(35)36/h2-3,5-6,12-13,16,26,33H,4,7-11,14-15H2,1H3,(H,35,36)/t16-,26-/m1/s1. The number of halogens is 5. The molecule has 0 fully saturated rings. The van der Waals surface area contributed by atoms with E-state index in [2.05, 4.69) is 4.98 Å². The van der Waals surface area contributed by atoms with E-state index in [1.54, 1.807) is 19.1 Å². The van der Waals surface area contributed by atoms with Crippen molar-refractivity contribution in [3.05, 3.63) is 64.9 Å². The van der Waals surface area contributed by atoms with Gasteiger partial charge in [-0.1, -0.05) is 18.2 Å². The summed E-state index contributed by atoms with van der Waals surface area (Å²) in [5, 5.41) is 9.30. The number of hydrogen-bond donors (Lipinski definition) is 2. The lowest BCUT2D eigenvalue weighted by atomic mass is 9.88. The highest BCUT2D eigenvalue weighted by atomic mass is 19.4. The number of rotatable bonds is 12. The van der Waals surface area contributed by atoms with Gasteiger partial charge in [-0.2, -0.15) is 13.2 Å². The number of H-pyrrole nitrogens is 1. The zero-order chi connectivity index (χ0) is 28.2. The van der Waals surface area contributed by atoms with Gasteiger partial charge in [0.15, 0.2) is 0 Å². The molecule has 0 amide bonds. The fourth-order valence-electron chi connectivity index (χ4n) is 4.92. The van der Waals surface area contributed by atoms with Crippen molar-refractivity contribution >= 4 is 16.9 Å². The molecule has 212 valence electrons. The fourth-order valence-corrected chi connectivity index (χ4v) is 4.92. The number of nitrogens with one attached hydrogen (secondary N) is 1. The highest BCUT2D eigenvalue weighted by Crippen LogP contribution is 2.44. The number of benzene rings is 2. The fraction of sp³-hybridized carbons (Fsp3) is 0.444. The molecule has 1 aliphatic rings. The molecule has 0 radical (unpaired) electrons. The number of alkyl halides is 3. The molecular formula is C27H29F5N2O5. The third-order valence-electron chi connectivity index (χ3n) is 6.50. The van der Waals surface area contributed by atoms with E-state index >= 15 is 8.78 Å². The molecule has 0 saturated carbocycles. The summed E-state index contributed by atoms with van der Waals surface area (Å²) in [5.74, 6) is -3.22. The van der Waals surface area contributed by atoms with Crippen LogP contribution in [0.15, 0.2) is 36.4 Å². The summed E-state index contributed by atoms with van der Waals surface area (Å²) in [6, 6.07) is 7.17. The Kier molecular flexibility index (Phi) is 9.08. The van der Waals surface area contributed by atoms with Gasteiger partial charge in [0.05, 0.1) is 19.2 Å². The number of aromatic amines is 1. The van der Waals surface area contributed by atoms with Gasteiger partial charge < -0.3 is 24.3 Å². The lowest BCUT2D eigenvalue weighted by Crippen LogP contribution is -2.47. The van der Waals surface area contributed by atoms with Crippen molar-refractivity contribution in [1.29, 1.82) is 0 Å². The average molecular weight is 557 g/mol. The summed E-state index contributed by atoms with van der Waals surface area (Å²) in [6.07, 6.45) is -3.83. The van der Waals surface area contributed by atoms with E-state index in [4.69, 9.17) is 19.3 Å². The van der Waals surface area contributed by atoms with Crippen LogP contribution in [0.4, 0.5) is 22.0 Å². The van der Waals surface area contributed by atoms with Gasteiger partial charge in [0.25, 0.3) is 0 Å². The molecule has 39 heavy (non-hydrogen) atoms. The van der Waals surface area contributed by atoms with Crippen LogP contribution in [0.3, 0.4) is 0 Å². The molecule has 12 heteroatoms. The predicted molar refractivity (Wildman–Crippen MR) is 132 cm³/mol. The van der Waals surface area contributed by atoms with Crippen molar-refractivity contribution in [2.75, 3.05) is 39.6 Å². The Labute approximate surface area is 221 Å². The Balaban J connectivity index is 1.51. The van der Waals surface area contributed by atoms with Crippen molar-refractivity contribution in [2.45, 2.75) is 38.0 Å². The summed E-state index contributed by atoms with van der Waals surface area (Å²) in [7, 11) is 0. The van der Waals surface area contributed by atoms with Crippen LogP contribution < -0.4 is 4.74 Å². The summed E-state index contributed by atoms with van der Waals surface area (Å²) >= 11 is 0. The number of aliphatic carboxylic acids is 1. The Bertz CT molecular complexity index is 1270. The number of ether oxygens (including phenoxy) is 3. The maximum absolute atomic E-state index is 15.5. The zero-order valence-corrected chi connectivity index (χ0v) is 21.2. The number of nitrogens with zero attached hydrogens (tertiary/aromatic N) is 1. The van der Waals surface area contributed by atoms with E-state index in [-0.39, 0.29) is 32.2 Å². The highest BCUT2D eigenvalue weighted by molar-refractivity contribution is 5.85. The van der Waals surface area contributed by atoms with Crippen molar-refractivity contribution in [3.8, 4) is 5.75 Å². The zero-order valence-electron chi connectivity index (χ0n) is 21.2. The molecule has 2 aromatic carbocycles. The van der Waals surface area contributed by atoms with Crippen molar-refractivity contribution in [3.63, 3.8) is 0 Å². The van der Waals surface area contributed by atoms with Crippen LogP contribution in [0.5, 0.6) is 5.75 Å². The second kappa shape index (κ2) is 12.3. The first kappa shape index (κ1) is 28.8. The number of carbonyl (C=O) groups is 1. The largest absolute Gasteiger partial charge is 0.491 e. The van der Waals surface area contributed by atoms with Gasteiger partial charge in [0, 0.05) is 53.5 Å². The van der Waals surface area contributed by atoms with E-state index in [9.17, 15) is 18.0 Å². The van der Waals surface area contributed by atoms with E-state index in [1.807, 2.05) is 12.1 Å². The van der Waals surface area contributed by atoms with Crippen LogP contribution >= 0.6 is 0 Å². The van der Waals surface area contributed by atoms with Gasteiger partial charge in [-0.25, -0.2) is 13.6 Å². The number of para-hydroxylation sites is 1. The number of aromatic nitrogens is 1. The smallest absolute Gasteiger partial charge is 0.401 e. The maximum atomic E-state index is 15.5. The molecule has 2 N–H and O–H groups in total. The first-order valence-corrected chi connectivity index (χ1v) is 12.5. The quantitative estimate of drug-likeness (QED) is 0.235. The van der Waals surface area contributed by atoms with Gasteiger partial charge in [0.2, 0.25) is 0 Å². The predicted octanol–water partition coefficient (Wildman–Crippen LogP) is 5.23. The normalized spacial score (nSPS) is 17.9. The van der Waals surface area contributed by atoms with E-state index in [0.717, 1.165) is 28.0 Å². The Hall–Kier alpha value is -3.22. The topological polar surface area (TPSA) is 84.0 Å². The van der Waals surface area contributed by atoms with Gasteiger partial charge >= 0.3 is 12.1 Å². The second-order valence-electron chi connectivity index (χ2n) is 9.37. The van der Waals surface area contributed by atoms with Gasteiger partial charge in [0.1, 0.15) is 30.6 Å². The molecule has 0 spiro atoms. The third-order valence-corrected chi connectivity index (χ3v) is 6.50. The lowest BCUT2D eigenvalue weighted by Gasteiger charge is -2.41. The van der Waals surface area contributed by atoms with E-state index in [0.29, 0.717) is 24.1 Å². The number of carboxylic acid groups (broad SMARTS) is 1. The summed E-state index contributed by atoms with van der Waals surface area (Å²) in [6.45, 7) is 0.438. The summed E-state index contributed by atoms with van der Waals surface area (Å²) < 4.78 is 87.2. The second-order valence-corrected chi connectivity index (χ2v) is 9.37. The molecule has 1 aromatic heterocycles. The molecule has 2 heterocycles. The number of carboxylic acids is 1. The SMILES string of the molecule is C[C@@H]1Cc2c([nH]c3ccccc23)[C@@H](c2c(F)cc(OCCOCCCOCC(=O)O)cc2F)N1CC(F)(F)F. The van der Waals surface area contributed by atoms with Crippen molar-refractivity contribution in [1.82, 2.24) is 9.88 Å². The molecule has 4 rings (SSSR count). The Morgan fingerprint density at radius 2 is 1.77 bits per heavy atom. The van der Waals surface area contributed by atoms with Gasteiger partial charge in [-0.15, -0.1) is 0 Å². The first-order valence-electron chi connectivity index (χ1n) is 12.5. The van der Waals surface area contributed by atoms with Crippen molar-refractivity contribution in [2.24, 2.45) is 0 Å². The van der Waals surface area contributed by atoms with Crippen LogP contribution in [0.2, 0.25) is 0 Å². The number of hydrogen-bond acceptors (Lipinski definition) is 5. The molecule has 0 unspecified atom stereocenters. The molecule has 0 saturated heterocycles. The molecule has 1 aliphatic heterocycles.